The molecule has 1 aromatic carbocycles. The Morgan fingerprint density at radius 2 is 1.89 bits per heavy atom. The van der Waals surface area contributed by atoms with Crippen LogP contribution >= 0.6 is 0 Å². The molecule has 0 radical (unpaired) electrons. The Morgan fingerprint density at radius 3 is 2.37 bits per heavy atom. The second-order valence-corrected chi connectivity index (χ2v) is 6.93. The van der Waals surface area contributed by atoms with Crippen molar-refractivity contribution in [3.8, 4) is 0 Å². The van der Waals surface area contributed by atoms with E-state index in [0.29, 0.717) is 12.2 Å². The number of hydrogen-bond donors (Lipinski definition) is 2. The first-order chi connectivity index (χ1) is 8.88. The van der Waals surface area contributed by atoms with Crippen molar-refractivity contribution in [2.75, 3.05) is 5.73 Å². The van der Waals surface area contributed by atoms with Gasteiger partial charge in [-0.1, -0.05) is 12.1 Å². The molecule has 1 aliphatic carbocycles. The summed E-state index contributed by atoms with van der Waals surface area (Å²) in [4.78, 5) is 0. The van der Waals surface area contributed by atoms with Crippen LogP contribution in [0.3, 0.4) is 0 Å². The highest BCUT2D eigenvalue weighted by molar-refractivity contribution is 7.87. The van der Waals surface area contributed by atoms with Gasteiger partial charge < -0.3 is 5.73 Å². The lowest BCUT2D eigenvalue weighted by Gasteiger charge is -2.26. The summed E-state index contributed by atoms with van der Waals surface area (Å²) in [6, 6.07) is 7.32. The Morgan fingerprint density at radius 1 is 1.32 bits per heavy atom. The SMILES string of the molecule is CC(C)N(Cc1ccc(N)cc1)S(=O)(=O)NC1CC1. The molecule has 2 rings (SSSR count). The van der Waals surface area contributed by atoms with Crippen molar-refractivity contribution in [3.05, 3.63) is 29.8 Å². The molecule has 6 heteroatoms. The number of nitrogens with zero attached hydrogens (tertiary/aromatic N) is 1. The number of nitrogen functional groups attached to an aromatic ring is 1. The van der Waals surface area contributed by atoms with Crippen molar-refractivity contribution < 1.29 is 8.42 Å². The van der Waals surface area contributed by atoms with Gasteiger partial charge in [-0.15, -0.1) is 0 Å². The quantitative estimate of drug-likeness (QED) is 0.776. The fraction of sp³-hybridized carbons (Fsp3) is 0.538. The van der Waals surface area contributed by atoms with Crippen LogP contribution in [0.1, 0.15) is 32.3 Å². The van der Waals surface area contributed by atoms with E-state index in [4.69, 9.17) is 5.73 Å². The molecule has 0 saturated heterocycles. The van der Waals surface area contributed by atoms with E-state index in [1.165, 1.54) is 4.31 Å². The molecule has 0 bridgehead atoms. The maximum atomic E-state index is 12.3. The number of nitrogens with one attached hydrogen (secondary N) is 1. The van der Waals surface area contributed by atoms with Gasteiger partial charge in [0.2, 0.25) is 0 Å². The number of nitrogens with two attached hydrogens (primary N) is 1. The van der Waals surface area contributed by atoms with Gasteiger partial charge >= 0.3 is 0 Å². The highest BCUT2D eigenvalue weighted by Crippen LogP contribution is 2.22. The average Bonchev–Trinajstić information content (AvgIpc) is 3.10. The van der Waals surface area contributed by atoms with Crippen LogP contribution in [0, 0.1) is 0 Å². The van der Waals surface area contributed by atoms with Gasteiger partial charge in [0.05, 0.1) is 0 Å². The van der Waals surface area contributed by atoms with Crippen LogP contribution in [-0.4, -0.2) is 24.8 Å². The fourth-order valence-corrected chi connectivity index (χ4v) is 3.49. The summed E-state index contributed by atoms with van der Waals surface area (Å²) in [7, 11) is -3.41. The fourth-order valence-electron chi connectivity index (χ4n) is 1.83. The predicted octanol–water partition coefficient (Wildman–Crippen LogP) is 1.48. The van der Waals surface area contributed by atoms with Crippen molar-refractivity contribution in [2.45, 2.75) is 45.3 Å². The summed E-state index contributed by atoms with van der Waals surface area (Å²) in [6.07, 6.45) is 1.88. The molecule has 0 spiro atoms. The topological polar surface area (TPSA) is 75.4 Å². The van der Waals surface area contributed by atoms with Crippen LogP contribution in [0.5, 0.6) is 0 Å². The molecule has 0 aromatic heterocycles. The summed E-state index contributed by atoms with van der Waals surface area (Å²) in [6.45, 7) is 4.12. The second-order valence-electron chi connectivity index (χ2n) is 5.28. The van der Waals surface area contributed by atoms with E-state index in [9.17, 15) is 8.42 Å². The molecule has 0 aliphatic heterocycles. The summed E-state index contributed by atoms with van der Waals surface area (Å²) in [5, 5.41) is 0. The van der Waals surface area contributed by atoms with Gasteiger partial charge in [0.25, 0.3) is 10.2 Å². The lowest BCUT2D eigenvalue weighted by Crippen LogP contribution is -2.44. The smallest absolute Gasteiger partial charge is 0.280 e. The highest BCUT2D eigenvalue weighted by atomic mass is 32.2. The van der Waals surface area contributed by atoms with E-state index in [2.05, 4.69) is 4.72 Å². The first-order valence-corrected chi connectivity index (χ1v) is 7.96. The third-order valence-corrected chi connectivity index (χ3v) is 4.90. The molecule has 0 heterocycles. The Bertz CT molecular complexity index is 521. The number of rotatable bonds is 6. The van der Waals surface area contributed by atoms with Crippen molar-refractivity contribution >= 4 is 15.9 Å². The van der Waals surface area contributed by atoms with Gasteiger partial charge in [-0.25, -0.2) is 0 Å². The minimum absolute atomic E-state index is 0.0891. The van der Waals surface area contributed by atoms with Crippen LogP contribution in [0.25, 0.3) is 0 Å². The number of anilines is 1. The second kappa shape index (κ2) is 5.48. The van der Waals surface area contributed by atoms with Crippen molar-refractivity contribution in [3.63, 3.8) is 0 Å². The summed E-state index contributed by atoms with van der Waals surface area (Å²) < 4.78 is 28.8. The van der Waals surface area contributed by atoms with E-state index in [0.717, 1.165) is 18.4 Å². The largest absolute Gasteiger partial charge is 0.399 e. The standard InChI is InChI=1S/C13H21N3O2S/c1-10(2)16(19(17,18)15-13-7-8-13)9-11-3-5-12(14)6-4-11/h3-6,10,13,15H,7-9,14H2,1-2H3. The molecule has 1 fully saturated rings. The van der Waals surface area contributed by atoms with E-state index in [1.807, 2.05) is 26.0 Å². The number of hydrogen-bond acceptors (Lipinski definition) is 3. The normalized spacial score (nSPS) is 16.2. The van der Waals surface area contributed by atoms with Crippen LogP contribution in [-0.2, 0) is 16.8 Å². The van der Waals surface area contributed by atoms with Crippen molar-refractivity contribution in [2.24, 2.45) is 0 Å². The molecule has 0 amide bonds. The first kappa shape index (κ1) is 14.3. The van der Waals surface area contributed by atoms with Gasteiger partial charge in [-0.2, -0.15) is 17.4 Å². The van der Waals surface area contributed by atoms with Gasteiger partial charge in [-0.05, 0) is 44.4 Å². The third kappa shape index (κ3) is 3.92. The van der Waals surface area contributed by atoms with Crippen LogP contribution in [0.4, 0.5) is 5.69 Å². The third-order valence-electron chi connectivity index (χ3n) is 3.10. The Balaban J connectivity index is 2.13. The van der Waals surface area contributed by atoms with Crippen LogP contribution < -0.4 is 10.5 Å². The van der Waals surface area contributed by atoms with Crippen LogP contribution in [0.15, 0.2) is 24.3 Å². The van der Waals surface area contributed by atoms with Gasteiger partial charge in [-0.3, -0.25) is 0 Å². The Hall–Kier alpha value is -1.11. The molecule has 19 heavy (non-hydrogen) atoms. The minimum atomic E-state index is -3.41. The lowest BCUT2D eigenvalue weighted by molar-refractivity contribution is 0.342. The van der Waals surface area contributed by atoms with E-state index in [-0.39, 0.29) is 12.1 Å². The Labute approximate surface area is 115 Å². The summed E-state index contributed by atoms with van der Waals surface area (Å²) >= 11 is 0. The maximum absolute atomic E-state index is 12.3. The average molecular weight is 283 g/mol. The van der Waals surface area contributed by atoms with Crippen molar-refractivity contribution in [1.29, 1.82) is 0 Å². The maximum Gasteiger partial charge on any atom is 0.280 e. The van der Waals surface area contributed by atoms with E-state index in [1.54, 1.807) is 12.1 Å². The molecule has 1 aromatic rings. The monoisotopic (exact) mass is 283 g/mol. The molecular weight excluding hydrogens is 262 g/mol. The summed E-state index contributed by atoms with van der Waals surface area (Å²) in [5.41, 5.74) is 7.25. The molecular formula is C13H21N3O2S. The molecule has 1 aliphatic rings. The first-order valence-electron chi connectivity index (χ1n) is 6.52. The highest BCUT2D eigenvalue weighted by Gasteiger charge is 2.32. The molecule has 1 saturated carbocycles. The molecule has 5 nitrogen and oxygen atoms in total. The zero-order valence-corrected chi connectivity index (χ0v) is 12.2. The summed E-state index contributed by atoms with van der Waals surface area (Å²) in [5.74, 6) is 0. The molecule has 0 atom stereocenters. The van der Waals surface area contributed by atoms with Gasteiger partial charge in [0.1, 0.15) is 0 Å². The zero-order valence-electron chi connectivity index (χ0n) is 11.3. The van der Waals surface area contributed by atoms with Crippen LogP contribution in [0.2, 0.25) is 0 Å². The van der Waals surface area contributed by atoms with Gasteiger partial charge in [0, 0.05) is 24.3 Å². The zero-order chi connectivity index (χ0) is 14.0. The van der Waals surface area contributed by atoms with Crippen molar-refractivity contribution in [1.82, 2.24) is 9.03 Å². The van der Waals surface area contributed by atoms with E-state index < -0.39 is 10.2 Å². The molecule has 0 unspecified atom stereocenters. The lowest BCUT2D eigenvalue weighted by atomic mass is 10.2. The molecule has 3 N–H and O–H groups in total. The Kier molecular flexibility index (Phi) is 4.13. The van der Waals surface area contributed by atoms with E-state index >= 15 is 0 Å². The van der Waals surface area contributed by atoms with Gasteiger partial charge in [0.15, 0.2) is 0 Å². The number of benzene rings is 1. The molecule has 106 valence electrons. The minimum Gasteiger partial charge on any atom is -0.399 e. The predicted molar refractivity (Wildman–Crippen MR) is 76.6 cm³/mol.